The molecule has 1 aliphatic heterocycles. The van der Waals surface area contributed by atoms with Gasteiger partial charge in [-0.05, 0) is 31.9 Å². The van der Waals surface area contributed by atoms with Crippen LogP contribution in [0.1, 0.15) is 19.8 Å². The van der Waals surface area contributed by atoms with Gasteiger partial charge in [0.15, 0.2) is 0 Å². The van der Waals surface area contributed by atoms with Crippen LogP contribution in [0.15, 0.2) is 29.2 Å². The van der Waals surface area contributed by atoms with Crippen molar-refractivity contribution in [2.45, 2.75) is 30.7 Å². The third-order valence-corrected chi connectivity index (χ3v) is 5.15. The Hall–Kier alpha value is -0.820. The van der Waals surface area contributed by atoms with Gasteiger partial charge in [-0.3, -0.25) is 0 Å². The summed E-state index contributed by atoms with van der Waals surface area (Å²) >= 11 is 0. The normalized spacial score (nSPS) is 17.5. The van der Waals surface area contributed by atoms with Crippen molar-refractivity contribution in [1.29, 1.82) is 0 Å². The molecule has 1 aromatic carbocycles. The molecule has 0 atom stereocenters. The summed E-state index contributed by atoms with van der Waals surface area (Å²) in [6.45, 7) is 3.36. The second kappa shape index (κ2) is 7.26. The minimum Gasteiger partial charge on any atom is -0.494 e. The zero-order valence-corrected chi connectivity index (χ0v) is 13.1. The summed E-state index contributed by atoms with van der Waals surface area (Å²) in [4.78, 5) is 0.286. The van der Waals surface area contributed by atoms with Crippen molar-refractivity contribution in [1.82, 2.24) is 4.31 Å². The van der Waals surface area contributed by atoms with E-state index in [2.05, 4.69) is 0 Å². The molecule has 20 heavy (non-hydrogen) atoms. The molecule has 5 nitrogen and oxygen atoms in total. The Morgan fingerprint density at radius 2 is 2.00 bits per heavy atom. The molecule has 0 aromatic heterocycles. The number of halogens is 1. The Morgan fingerprint density at radius 3 is 2.60 bits per heavy atom. The first-order valence-corrected chi connectivity index (χ1v) is 7.96. The van der Waals surface area contributed by atoms with Crippen LogP contribution in [0, 0.1) is 0 Å². The average Bonchev–Trinajstić information content (AvgIpc) is 2.40. The third kappa shape index (κ3) is 3.85. The molecular formula is C13H21ClN2O3S. The molecule has 1 aromatic rings. The van der Waals surface area contributed by atoms with Gasteiger partial charge in [-0.25, -0.2) is 8.42 Å². The highest BCUT2D eigenvalue weighted by molar-refractivity contribution is 7.89. The lowest BCUT2D eigenvalue weighted by atomic mass is 10.1. The summed E-state index contributed by atoms with van der Waals surface area (Å²) in [7, 11) is -3.43. The molecule has 1 fully saturated rings. The topological polar surface area (TPSA) is 72.6 Å². The lowest BCUT2D eigenvalue weighted by Crippen LogP contribution is -2.42. The van der Waals surface area contributed by atoms with Crippen molar-refractivity contribution < 1.29 is 13.2 Å². The van der Waals surface area contributed by atoms with E-state index in [1.165, 1.54) is 4.31 Å². The van der Waals surface area contributed by atoms with Crippen LogP contribution in [0.5, 0.6) is 5.75 Å². The Balaban J connectivity index is 0.00000200. The van der Waals surface area contributed by atoms with E-state index in [0.29, 0.717) is 38.3 Å². The number of nitrogens with two attached hydrogens (primary N) is 1. The largest absolute Gasteiger partial charge is 0.494 e. The van der Waals surface area contributed by atoms with Crippen molar-refractivity contribution in [3.63, 3.8) is 0 Å². The van der Waals surface area contributed by atoms with Crippen LogP contribution in [0.4, 0.5) is 0 Å². The van der Waals surface area contributed by atoms with E-state index in [1.54, 1.807) is 24.3 Å². The highest BCUT2D eigenvalue weighted by Gasteiger charge is 2.28. The van der Waals surface area contributed by atoms with Gasteiger partial charge in [0.25, 0.3) is 0 Å². The van der Waals surface area contributed by atoms with Gasteiger partial charge in [0.05, 0.1) is 11.5 Å². The molecule has 0 spiro atoms. The third-order valence-electron chi connectivity index (χ3n) is 3.25. The predicted octanol–water partition coefficient (Wildman–Crippen LogP) is 1.62. The highest BCUT2D eigenvalue weighted by atomic mass is 35.5. The number of nitrogens with zero attached hydrogens (tertiary/aromatic N) is 1. The fraction of sp³-hybridized carbons (Fsp3) is 0.538. The van der Waals surface area contributed by atoms with E-state index in [-0.39, 0.29) is 23.3 Å². The zero-order chi connectivity index (χ0) is 13.9. The summed E-state index contributed by atoms with van der Waals surface area (Å²) in [6.07, 6.45) is 1.43. The summed E-state index contributed by atoms with van der Waals surface area (Å²) in [5, 5.41) is 0. The molecular weight excluding hydrogens is 300 g/mol. The smallest absolute Gasteiger partial charge is 0.243 e. The number of rotatable bonds is 4. The molecule has 1 aliphatic rings. The lowest BCUT2D eigenvalue weighted by Gasteiger charge is -2.29. The van der Waals surface area contributed by atoms with E-state index >= 15 is 0 Å². The van der Waals surface area contributed by atoms with Gasteiger partial charge < -0.3 is 10.5 Å². The second-order valence-electron chi connectivity index (χ2n) is 4.65. The van der Waals surface area contributed by atoms with Crippen molar-refractivity contribution in [2.24, 2.45) is 5.73 Å². The first-order chi connectivity index (χ1) is 9.04. The molecule has 0 radical (unpaired) electrons. The number of benzene rings is 1. The van der Waals surface area contributed by atoms with Gasteiger partial charge in [-0.1, -0.05) is 6.07 Å². The van der Waals surface area contributed by atoms with Crippen molar-refractivity contribution >= 4 is 22.4 Å². The Bertz CT molecular complexity index is 528. The second-order valence-corrected chi connectivity index (χ2v) is 6.59. The summed E-state index contributed by atoms with van der Waals surface area (Å²) in [6, 6.07) is 6.75. The van der Waals surface area contributed by atoms with Gasteiger partial charge in [0.2, 0.25) is 10.0 Å². The van der Waals surface area contributed by atoms with E-state index < -0.39 is 10.0 Å². The van der Waals surface area contributed by atoms with E-state index in [0.717, 1.165) is 0 Å². The number of sulfonamides is 1. The first kappa shape index (κ1) is 17.2. The van der Waals surface area contributed by atoms with Crippen LogP contribution in [-0.4, -0.2) is 38.5 Å². The molecule has 0 unspecified atom stereocenters. The average molecular weight is 321 g/mol. The Morgan fingerprint density at radius 1 is 1.35 bits per heavy atom. The molecule has 1 heterocycles. The minimum atomic E-state index is -3.43. The number of piperidine rings is 1. The fourth-order valence-corrected chi connectivity index (χ4v) is 3.66. The number of hydrogen-bond acceptors (Lipinski definition) is 4. The summed E-state index contributed by atoms with van der Waals surface area (Å²) in [5.74, 6) is 0.581. The van der Waals surface area contributed by atoms with Gasteiger partial charge in [-0.2, -0.15) is 4.31 Å². The quantitative estimate of drug-likeness (QED) is 0.915. The van der Waals surface area contributed by atoms with Gasteiger partial charge in [0, 0.05) is 25.2 Å². The standard InChI is InChI=1S/C13H20N2O3S.ClH/c1-2-18-12-4-3-5-13(10-12)19(16,17)15-8-6-11(14)7-9-15;/h3-5,10-11H,2,6-9,14H2,1H3;1H. The van der Waals surface area contributed by atoms with Crippen molar-refractivity contribution in [3.05, 3.63) is 24.3 Å². The summed E-state index contributed by atoms with van der Waals surface area (Å²) < 4.78 is 31.8. The molecule has 7 heteroatoms. The molecule has 2 rings (SSSR count). The van der Waals surface area contributed by atoms with Crippen molar-refractivity contribution in [2.75, 3.05) is 19.7 Å². The lowest BCUT2D eigenvalue weighted by molar-refractivity contribution is 0.319. The molecule has 114 valence electrons. The molecule has 2 N–H and O–H groups in total. The number of ether oxygens (including phenoxy) is 1. The monoisotopic (exact) mass is 320 g/mol. The SMILES string of the molecule is CCOc1cccc(S(=O)(=O)N2CCC(N)CC2)c1.Cl. The van der Waals surface area contributed by atoms with Gasteiger partial charge in [-0.15, -0.1) is 12.4 Å². The van der Waals surface area contributed by atoms with E-state index in [9.17, 15) is 8.42 Å². The van der Waals surface area contributed by atoms with Crippen LogP contribution < -0.4 is 10.5 Å². The maximum absolute atomic E-state index is 12.5. The van der Waals surface area contributed by atoms with E-state index in [4.69, 9.17) is 10.5 Å². The van der Waals surface area contributed by atoms with Crippen LogP contribution in [0.25, 0.3) is 0 Å². The molecule has 0 amide bonds. The fourth-order valence-electron chi connectivity index (χ4n) is 2.16. The molecule has 0 saturated carbocycles. The first-order valence-electron chi connectivity index (χ1n) is 6.52. The van der Waals surface area contributed by atoms with Gasteiger partial charge in [0.1, 0.15) is 5.75 Å². The minimum absolute atomic E-state index is 0. The molecule has 1 saturated heterocycles. The Labute approximate surface area is 126 Å². The summed E-state index contributed by atoms with van der Waals surface area (Å²) in [5.41, 5.74) is 5.80. The van der Waals surface area contributed by atoms with Crippen LogP contribution in [0.2, 0.25) is 0 Å². The van der Waals surface area contributed by atoms with Gasteiger partial charge >= 0.3 is 0 Å². The molecule has 0 bridgehead atoms. The maximum Gasteiger partial charge on any atom is 0.243 e. The van der Waals surface area contributed by atoms with Crippen LogP contribution in [-0.2, 0) is 10.0 Å². The maximum atomic E-state index is 12.5. The molecule has 0 aliphatic carbocycles. The van der Waals surface area contributed by atoms with Crippen LogP contribution >= 0.6 is 12.4 Å². The van der Waals surface area contributed by atoms with Crippen LogP contribution in [0.3, 0.4) is 0 Å². The van der Waals surface area contributed by atoms with Crippen molar-refractivity contribution in [3.8, 4) is 5.75 Å². The zero-order valence-electron chi connectivity index (χ0n) is 11.5. The predicted molar refractivity (Wildman–Crippen MR) is 80.8 cm³/mol. The highest BCUT2D eigenvalue weighted by Crippen LogP contribution is 2.23. The number of hydrogen-bond donors (Lipinski definition) is 1. The Kier molecular flexibility index (Phi) is 6.26. The van der Waals surface area contributed by atoms with E-state index in [1.807, 2.05) is 6.92 Å².